The summed E-state index contributed by atoms with van der Waals surface area (Å²) in [6.07, 6.45) is 0.994. The van der Waals surface area contributed by atoms with Gasteiger partial charge in [0.15, 0.2) is 19.7 Å². The molecule has 0 saturated heterocycles. The number of sulfone groups is 2. The molecular weight excluding hydrogens is 535 g/mol. The smallest absolute Gasteiger partial charge is 0.247 e. The molecule has 36 heavy (non-hydrogen) atoms. The van der Waals surface area contributed by atoms with Gasteiger partial charge in [-0.05, 0) is 43.7 Å². The number of hydrogen-bond acceptors (Lipinski definition) is 9. The van der Waals surface area contributed by atoms with Crippen molar-refractivity contribution in [2.45, 2.75) is 36.1 Å². The van der Waals surface area contributed by atoms with E-state index in [4.69, 9.17) is 21.9 Å². The highest BCUT2D eigenvalue weighted by atomic mass is 35.5. The number of hydrogen-bond donors (Lipinski definition) is 1. The lowest BCUT2D eigenvalue weighted by Crippen LogP contribution is -2.45. The predicted octanol–water partition coefficient (Wildman–Crippen LogP) is 2.46. The van der Waals surface area contributed by atoms with E-state index in [1.165, 1.54) is 13.8 Å². The Morgan fingerprint density at radius 3 is 2.50 bits per heavy atom. The van der Waals surface area contributed by atoms with Gasteiger partial charge in [-0.25, -0.2) is 21.2 Å². The molecule has 0 radical (unpaired) electrons. The summed E-state index contributed by atoms with van der Waals surface area (Å²) in [5.41, 5.74) is 6.11. The lowest BCUT2D eigenvalue weighted by atomic mass is 10.1. The number of carbonyl (C=O) groups excluding carboxylic acids is 1. The van der Waals surface area contributed by atoms with Crippen LogP contribution in [0.2, 0.25) is 5.02 Å². The summed E-state index contributed by atoms with van der Waals surface area (Å²) >= 11 is 5.94. The second-order valence-corrected chi connectivity index (χ2v) is 13.9. The molecule has 2 heterocycles. The molecule has 1 amide bonds. The van der Waals surface area contributed by atoms with Crippen LogP contribution in [-0.2, 0) is 35.8 Å². The topological polar surface area (TPSA) is 154 Å². The molecule has 10 nitrogen and oxygen atoms in total. The van der Waals surface area contributed by atoms with Crippen LogP contribution < -0.4 is 10.6 Å². The highest BCUT2D eigenvalue weighted by Gasteiger charge is 2.40. The molecule has 1 aliphatic rings. The Morgan fingerprint density at radius 1 is 1.25 bits per heavy atom. The van der Waals surface area contributed by atoms with Gasteiger partial charge in [0.2, 0.25) is 17.6 Å². The summed E-state index contributed by atoms with van der Waals surface area (Å²) in [5, 5.41) is 4.17. The van der Waals surface area contributed by atoms with E-state index >= 15 is 4.39 Å². The van der Waals surface area contributed by atoms with Gasteiger partial charge in [0.05, 0.1) is 34.5 Å². The normalized spacial score (nSPS) is 18.1. The highest BCUT2D eigenvalue weighted by molar-refractivity contribution is 7.92. The minimum atomic E-state index is -4.14. The van der Waals surface area contributed by atoms with Crippen LogP contribution in [0.3, 0.4) is 0 Å². The van der Waals surface area contributed by atoms with Crippen molar-refractivity contribution in [3.8, 4) is 11.4 Å². The molecule has 192 valence electrons. The van der Waals surface area contributed by atoms with E-state index in [9.17, 15) is 21.6 Å². The number of carbonyl (C=O) groups is 1. The molecule has 3 aromatic rings. The Labute approximate surface area is 212 Å². The molecule has 2 N–H and O–H groups in total. The molecule has 1 aromatic heterocycles. The Morgan fingerprint density at radius 2 is 1.89 bits per heavy atom. The number of fused-ring (bicyclic) bond motifs is 1. The summed E-state index contributed by atoms with van der Waals surface area (Å²) in [6, 6.07) is 7.04. The van der Waals surface area contributed by atoms with Crippen LogP contribution in [0.25, 0.3) is 11.4 Å². The number of nitrogens with two attached hydrogens (primary N) is 1. The van der Waals surface area contributed by atoms with Crippen LogP contribution in [0.4, 0.5) is 10.1 Å². The Kier molecular flexibility index (Phi) is 6.48. The van der Waals surface area contributed by atoms with Gasteiger partial charge in [0.1, 0.15) is 10.6 Å². The van der Waals surface area contributed by atoms with E-state index < -0.39 is 52.8 Å². The monoisotopic (exact) mass is 556 g/mol. The van der Waals surface area contributed by atoms with Crippen molar-refractivity contribution in [1.29, 1.82) is 0 Å². The second kappa shape index (κ2) is 8.91. The van der Waals surface area contributed by atoms with Crippen LogP contribution in [0.15, 0.2) is 45.8 Å². The largest absolute Gasteiger partial charge is 0.337 e. The first kappa shape index (κ1) is 26.2. The van der Waals surface area contributed by atoms with Gasteiger partial charge in [-0.3, -0.25) is 4.79 Å². The average Bonchev–Trinajstić information content (AvgIpc) is 3.26. The van der Waals surface area contributed by atoms with Crippen LogP contribution >= 0.6 is 11.6 Å². The van der Waals surface area contributed by atoms with Gasteiger partial charge < -0.3 is 15.2 Å². The fourth-order valence-electron chi connectivity index (χ4n) is 3.56. The van der Waals surface area contributed by atoms with Crippen molar-refractivity contribution in [2.75, 3.05) is 16.9 Å². The van der Waals surface area contributed by atoms with Crippen molar-refractivity contribution in [1.82, 2.24) is 10.1 Å². The Balaban J connectivity index is 1.89. The van der Waals surface area contributed by atoms with Crippen LogP contribution in [0.1, 0.15) is 25.3 Å². The summed E-state index contributed by atoms with van der Waals surface area (Å²) < 4.78 is 69.0. The molecule has 0 saturated carbocycles. The summed E-state index contributed by atoms with van der Waals surface area (Å²) in [6.45, 7) is 2.64. The fourth-order valence-corrected chi connectivity index (χ4v) is 5.65. The van der Waals surface area contributed by atoms with Crippen molar-refractivity contribution in [2.24, 2.45) is 5.73 Å². The van der Waals surface area contributed by atoms with Gasteiger partial charge in [-0.1, -0.05) is 28.9 Å². The van der Waals surface area contributed by atoms with Gasteiger partial charge in [-0.15, -0.1) is 0 Å². The molecule has 14 heteroatoms. The van der Waals surface area contributed by atoms with Crippen molar-refractivity contribution in [3.63, 3.8) is 0 Å². The molecule has 2 aromatic carbocycles. The first-order valence-electron chi connectivity index (χ1n) is 10.5. The predicted molar refractivity (Wildman–Crippen MR) is 130 cm³/mol. The van der Waals surface area contributed by atoms with Crippen LogP contribution in [0, 0.1) is 5.82 Å². The number of halogens is 2. The van der Waals surface area contributed by atoms with E-state index in [1.54, 1.807) is 24.3 Å². The molecule has 4 rings (SSSR count). The molecule has 0 unspecified atom stereocenters. The first-order valence-corrected chi connectivity index (χ1v) is 14.5. The zero-order chi connectivity index (χ0) is 26.6. The fraction of sp³-hybridized carbons (Fsp3) is 0.318. The van der Waals surface area contributed by atoms with Crippen molar-refractivity contribution < 1.29 is 30.5 Å². The van der Waals surface area contributed by atoms with E-state index in [0.29, 0.717) is 10.6 Å². The number of aromatic nitrogens is 2. The second-order valence-electron chi connectivity index (χ2n) is 8.94. The molecule has 0 fully saturated rings. The molecular formula is C22H22ClFN4O6S2. The standard InChI is InChI=1S/C22H22ClFN4O6S2/c1-22(2,35(3,30)31)21-26-19(27-34-21)14-8-17-18(9-15(14)24)36(32,33)11-16(25)20(29)28(17)10-12-4-6-13(23)7-5-12/h4-9,16H,10-11,25H2,1-3H3/t16-/m0/s1. The van der Waals surface area contributed by atoms with E-state index in [1.807, 2.05) is 0 Å². The van der Waals surface area contributed by atoms with Gasteiger partial charge in [0.25, 0.3) is 0 Å². The molecule has 0 bridgehead atoms. The third-order valence-electron chi connectivity index (χ3n) is 6.02. The van der Waals surface area contributed by atoms with Crippen molar-refractivity contribution >= 4 is 42.9 Å². The molecule has 1 aliphatic heterocycles. The Bertz CT molecular complexity index is 1570. The quantitative estimate of drug-likeness (QED) is 0.499. The molecule has 1 atom stereocenters. The third-order valence-corrected chi connectivity index (χ3v) is 10.1. The van der Waals surface area contributed by atoms with Crippen LogP contribution in [0.5, 0.6) is 0 Å². The van der Waals surface area contributed by atoms with Gasteiger partial charge in [0, 0.05) is 11.3 Å². The maximum Gasteiger partial charge on any atom is 0.247 e. The maximum absolute atomic E-state index is 15.2. The molecule has 0 spiro atoms. The highest BCUT2D eigenvalue weighted by Crippen LogP contribution is 2.37. The van der Waals surface area contributed by atoms with Gasteiger partial charge >= 0.3 is 0 Å². The summed E-state index contributed by atoms with van der Waals surface area (Å²) in [5.74, 6) is -2.98. The van der Waals surface area contributed by atoms with E-state index in [2.05, 4.69) is 10.1 Å². The number of benzene rings is 2. The van der Waals surface area contributed by atoms with E-state index in [0.717, 1.165) is 23.3 Å². The lowest BCUT2D eigenvalue weighted by molar-refractivity contribution is -0.119. The maximum atomic E-state index is 15.2. The first-order chi connectivity index (χ1) is 16.6. The number of nitrogens with zero attached hydrogens (tertiary/aromatic N) is 3. The lowest BCUT2D eigenvalue weighted by Gasteiger charge is -2.24. The van der Waals surface area contributed by atoms with Crippen molar-refractivity contribution in [3.05, 3.63) is 58.7 Å². The summed E-state index contributed by atoms with van der Waals surface area (Å²) in [4.78, 5) is 17.9. The van der Waals surface area contributed by atoms with E-state index in [-0.39, 0.29) is 29.5 Å². The third kappa shape index (κ3) is 4.63. The Hall–Kier alpha value is -2.87. The zero-order valence-corrected chi connectivity index (χ0v) is 21.8. The van der Waals surface area contributed by atoms with Gasteiger partial charge in [-0.2, -0.15) is 4.98 Å². The minimum absolute atomic E-state index is 0.0735. The minimum Gasteiger partial charge on any atom is -0.337 e. The number of amides is 1. The molecule has 0 aliphatic carbocycles. The summed E-state index contributed by atoms with van der Waals surface area (Å²) in [7, 11) is -7.82. The van der Waals surface area contributed by atoms with Crippen LogP contribution in [-0.4, -0.2) is 50.9 Å². The number of anilines is 1. The SMILES string of the molecule is CC(C)(c1nc(-c2cc3c(cc2F)S(=O)(=O)C[C@H](N)C(=O)N3Cc2ccc(Cl)cc2)no1)S(C)(=O)=O. The number of rotatable bonds is 5. The average molecular weight is 557 g/mol. The zero-order valence-electron chi connectivity index (χ0n) is 19.4.